The van der Waals surface area contributed by atoms with Gasteiger partial charge in [-0.2, -0.15) is 0 Å². The summed E-state index contributed by atoms with van der Waals surface area (Å²) in [6.07, 6.45) is 3.74. The molecule has 1 fully saturated rings. The minimum atomic E-state index is -0.177. The molecule has 1 aromatic carbocycles. The summed E-state index contributed by atoms with van der Waals surface area (Å²) >= 11 is 1.53. The molecule has 21 heavy (non-hydrogen) atoms. The number of benzene rings is 1. The van der Waals surface area contributed by atoms with E-state index in [1.54, 1.807) is 29.3 Å². The van der Waals surface area contributed by atoms with Crippen molar-refractivity contribution in [3.63, 3.8) is 0 Å². The predicted octanol–water partition coefficient (Wildman–Crippen LogP) is 2.66. The van der Waals surface area contributed by atoms with Crippen molar-refractivity contribution in [2.45, 2.75) is 25.4 Å². The van der Waals surface area contributed by atoms with E-state index in [1.807, 2.05) is 5.38 Å². The molecule has 0 unspecified atom stereocenters. The van der Waals surface area contributed by atoms with Crippen molar-refractivity contribution in [1.29, 1.82) is 0 Å². The molecule has 1 saturated carbocycles. The van der Waals surface area contributed by atoms with Gasteiger partial charge in [-0.15, -0.1) is 11.3 Å². The summed E-state index contributed by atoms with van der Waals surface area (Å²) in [7, 11) is 1.47. The Morgan fingerprint density at radius 3 is 2.95 bits per heavy atom. The molecule has 1 heterocycles. The Kier molecular flexibility index (Phi) is 3.79. The monoisotopic (exact) mass is 304 g/mol. The van der Waals surface area contributed by atoms with Gasteiger partial charge in [0.2, 0.25) is 0 Å². The third kappa shape index (κ3) is 2.85. The quantitative estimate of drug-likeness (QED) is 0.922. The zero-order valence-corrected chi connectivity index (χ0v) is 12.5. The maximum absolute atomic E-state index is 12.7. The average molecular weight is 304 g/mol. The topological polar surface area (TPSA) is 62.7 Å². The number of methoxy groups -OCH3 is 1. The van der Waals surface area contributed by atoms with Crippen molar-refractivity contribution in [3.8, 4) is 11.5 Å². The van der Waals surface area contributed by atoms with Crippen LogP contribution in [-0.2, 0) is 6.54 Å². The first-order valence-corrected chi connectivity index (χ1v) is 7.64. The molecule has 1 amide bonds. The molecule has 2 aromatic rings. The average Bonchev–Trinajstić information content (AvgIpc) is 3.21. The second-order valence-electron chi connectivity index (χ2n) is 4.95. The number of rotatable bonds is 5. The number of aromatic hydroxyl groups is 1. The van der Waals surface area contributed by atoms with Crippen LogP contribution in [0, 0.1) is 0 Å². The lowest BCUT2D eigenvalue weighted by Crippen LogP contribution is -2.32. The lowest BCUT2D eigenvalue weighted by molar-refractivity contribution is 0.0726. The van der Waals surface area contributed by atoms with E-state index in [1.165, 1.54) is 18.4 Å². The zero-order valence-electron chi connectivity index (χ0n) is 11.7. The number of ether oxygens (including phenoxy) is 1. The predicted molar refractivity (Wildman–Crippen MR) is 79.7 cm³/mol. The first kappa shape index (κ1) is 13.9. The van der Waals surface area contributed by atoms with Crippen LogP contribution in [0.15, 0.2) is 29.8 Å². The fourth-order valence-electron chi connectivity index (χ4n) is 2.24. The van der Waals surface area contributed by atoms with E-state index < -0.39 is 0 Å². The molecule has 0 aliphatic heterocycles. The number of phenolic OH excluding ortho intramolecular Hbond substituents is 1. The highest BCUT2D eigenvalue weighted by atomic mass is 32.1. The second-order valence-corrected chi connectivity index (χ2v) is 5.93. The zero-order chi connectivity index (χ0) is 14.8. The van der Waals surface area contributed by atoms with E-state index in [9.17, 15) is 9.90 Å². The molecule has 6 heteroatoms. The van der Waals surface area contributed by atoms with Gasteiger partial charge < -0.3 is 14.7 Å². The van der Waals surface area contributed by atoms with Gasteiger partial charge in [-0.05, 0) is 25.0 Å². The SMILES string of the molecule is COc1cccc(C(=O)N(Cc2nccs2)C2CC2)c1O. The van der Waals surface area contributed by atoms with Crippen LogP contribution in [0.25, 0.3) is 0 Å². The third-order valence-corrected chi connectivity index (χ3v) is 4.25. The van der Waals surface area contributed by atoms with Crippen molar-refractivity contribution in [1.82, 2.24) is 9.88 Å². The van der Waals surface area contributed by atoms with Crippen molar-refractivity contribution in [2.75, 3.05) is 7.11 Å². The van der Waals surface area contributed by atoms with E-state index in [0.717, 1.165) is 17.8 Å². The summed E-state index contributed by atoms with van der Waals surface area (Å²) in [5.74, 6) is 0.0322. The number of carbonyl (C=O) groups is 1. The molecule has 0 bridgehead atoms. The lowest BCUT2D eigenvalue weighted by Gasteiger charge is -2.22. The Labute approximate surface area is 126 Å². The molecular weight excluding hydrogens is 288 g/mol. The Balaban J connectivity index is 1.87. The third-order valence-electron chi connectivity index (χ3n) is 3.49. The molecule has 0 saturated heterocycles. The minimum Gasteiger partial charge on any atom is -0.504 e. The van der Waals surface area contributed by atoms with Crippen molar-refractivity contribution in [2.24, 2.45) is 0 Å². The largest absolute Gasteiger partial charge is 0.504 e. The van der Waals surface area contributed by atoms with Gasteiger partial charge in [-0.25, -0.2) is 4.98 Å². The number of carbonyl (C=O) groups excluding carboxylic acids is 1. The van der Waals surface area contributed by atoms with Crippen LogP contribution in [0.2, 0.25) is 0 Å². The number of aromatic nitrogens is 1. The maximum atomic E-state index is 12.7. The summed E-state index contributed by atoms with van der Waals surface area (Å²) in [5, 5.41) is 12.9. The number of thiazole rings is 1. The normalized spacial score (nSPS) is 14.0. The minimum absolute atomic E-state index is 0.102. The molecule has 1 aliphatic rings. The van der Waals surface area contributed by atoms with Gasteiger partial charge in [-0.3, -0.25) is 4.79 Å². The van der Waals surface area contributed by atoms with E-state index in [2.05, 4.69) is 4.98 Å². The Bertz CT molecular complexity index is 638. The van der Waals surface area contributed by atoms with Gasteiger partial charge in [-0.1, -0.05) is 6.07 Å². The molecule has 1 N–H and O–H groups in total. The molecule has 1 aliphatic carbocycles. The molecule has 0 radical (unpaired) electrons. The van der Waals surface area contributed by atoms with Gasteiger partial charge in [0.1, 0.15) is 5.01 Å². The standard InChI is InChI=1S/C15H16N2O3S/c1-20-12-4-2-3-11(14(12)18)15(19)17(10-5-6-10)9-13-16-7-8-21-13/h2-4,7-8,10,18H,5-6,9H2,1H3. The second kappa shape index (κ2) is 5.73. The summed E-state index contributed by atoms with van der Waals surface area (Å²) in [4.78, 5) is 18.7. The number of para-hydroxylation sites is 1. The van der Waals surface area contributed by atoms with E-state index in [4.69, 9.17) is 4.74 Å². The van der Waals surface area contributed by atoms with Crippen LogP contribution in [-0.4, -0.2) is 34.0 Å². The fourth-order valence-corrected chi connectivity index (χ4v) is 2.86. The molecule has 1 aromatic heterocycles. The summed E-state index contributed by atoms with van der Waals surface area (Å²) in [6.45, 7) is 0.484. The Morgan fingerprint density at radius 1 is 1.52 bits per heavy atom. The maximum Gasteiger partial charge on any atom is 0.258 e. The number of amides is 1. The van der Waals surface area contributed by atoms with Gasteiger partial charge >= 0.3 is 0 Å². The summed E-state index contributed by atoms with van der Waals surface area (Å²) in [5.41, 5.74) is 0.276. The molecule has 5 nitrogen and oxygen atoms in total. The molecule has 0 spiro atoms. The lowest BCUT2D eigenvalue weighted by atomic mass is 10.1. The molecule has 0 atom stereocenters. The first-order valence-electron chi connectivity index (χ1n) is 6.76. The van der Waals surface area contributed by atoms with Crippen LogP contribution in [0.1, 0.15) is 28.2 Å². The van der Waals surface area contributed by atoms with Crippen LogP contribution in [0.3, 0.4) is 0 Å². The fraction of sp³-hybridized carbons (Fsp3) is 0.333. The van der Waals surface area contributed by atoms with Gasteiger partial charge in [0.25, 0.3) is 5.91 Å². The Morgan fingerprint density at radius 2 is 2.33 bits per heavy atom. The highest BCUT2D eigenvalue weighted by molar-refractivity contribution is 7.09. The van der Waals surface area contributed by atoms with Crippen LogP contribution >= 0.6 is 11.3 Å². The number of hydrogen-bond acceptors (Lipinski definition) is 5. The Hall–Kier alpha value is -2.08. The molecule has 3 rings (SSSR count). The highest BCUT2D eigenvalue weighted by Crippen LogP contribution is 2.34. The van der Waals surface area contributed by atoms with Crippen molar-refractivity contribution >= 4 is 17.2 Å². The van der Waals surface area contributed by atoms with Gasteiger partial charge in [0.15, 0.2) is 11.5 Å². The van der Waals surface area contributed by atoms with Gasteiger partial charge in [0.05, 0.1) is 19.2 Å². The van der Waals surface area contributed by atoms with Crippen molar-refractivity contribution in [3.05, 3.63) is 40.3 Å². The van der Waals surface area contributed by atoms with E-state index in [-0.39, 0.29) is 23.3 Å². The van der Waals surface area contributed by atoms with Gasteiger partial charge in [0, 0.05) is 17.6 Å². The highest BCUT2D eigenvalue weighted by Gasteiger charge is 2.34. The van der Waals surface area contributed by atoms with Crippen LogP contribution in [0.4, 0.5) is 0 Å². The van der Waals surface area contributed by atoms with E-state index in [0.29, 0.717) is 12.3 Å². The van der Waals surface area contributed by atoms with Crippen molar-refractivity contribution < 1.29 is 14.6 Å². The number of hydrogen-bond donors (Lipinski definition) is 1. The summed E-state index contributed by atoms with van der Waals surface area (Å²) < 4.78 is 5.07. The number of nitrogens with zero attached hydrogens (tertiary/aromatic N) is 2. The van der Waals surface area contributed by atoms with Crippen LogP contribution < -0.4 is 4.74 Å². The molecular formula is C15H16N2O3S. The number of phenols is 1. The smallest absolute Gasteiger partial charge is 0.258 e. The summed E-state index contributed by atoms with van der Waals surface area (Å²) in [6, 6.07) is 5.21. The van der Waals surface area contributed by atoms with E-state index >= 15 is 0 Å². The first-order chi connectivity index (χ1) is 10.2. The van der Waals surface area contributed by atoms with Crippen LogP contribution in [0.5, 0.6) is 11.5 Å². The molecule has 110 valence electrons.